The van der Waals surface area contributed by atoms with Gasteiger partial charge in [0.1, 0.15) is 5.70 Å². The predicted molar refractivity (Wildman–Crippen MR) is 163 cm³/mol. The first-order valence-corrected chi connectivity index (χ1v) is 14.3. The van der Waals surface area contributed by atoms with Gasteiger partial charge in [0.05, 0.1) is 10.2 Å². The van der Waals surface area contributed by atoms with Gasteiger partial charge in [0, 0.05) is 38.8 Å². The first kappa shape index (κ1) is 29.2. The third-order valence-electron chi connectivity index (χ3n) is 5.74. The summed E-state index contributed by atoms with van der Waals surface area (Å²) in [5, 5.41) is 20.6. The zero-order valence-electron chi connectivity index (χ0n) is 21.9. The smallest absolute Gasteiger partial charge is 0.272 e. The van der Waals surface area contributed by atoms with Crippen LogP contribution in [0.3, 0.4) is 0 Å². The normalized spacial score (nSPS) is 11.8. The fourth-order valence-electron chi connectivity index (χ4n) is 3.68. The van der Waals surface area contributed by atoms with Gasteiger partial charge >= 0.3 is 0 Å². The average molecular weight is 587 g/mol. The van der Waals surface area contributed by atoms with Gasteiger partial charge in [-0.1, -0.05) is 37.3 Å². The van der Waals surface area contributed by atoms with Gasteiger partial charge in [0.25, 0.3) is 17.5 Å². The number of nitrogens with one attached hydrogen (secondary N) is 3. The highest BCUT2D eigenvalue weighted by Gasteiger charge is 2.20. The minimum atomic E-state index is -0.500. The number of nitro benzene ring substituents is 1. The van der Waals surface area contributed by atoms with E-state index in [-0.39, 0.29) is 17.3 Å². The Morgan fingerprint density at radius 1 is 0.927 bits per heavy atom. The minimum Gasteiger partial charge on any atom is -0.325 e. The number of thiophene rings is 1. The van der Waals surface area contributed by atoms with Gasteiger partial charge < -0.3 is 16.0 Å². The number of rotatable bonds is 11. The summed E-state index contributed by atoms with van der Waals surface area (Å²) in [4.78, 5) is 50.9. The first-order valence-electron chi connectivity index (χ1n) is 12.6. The summed E-state index contributed by atoms with van der Waals surface area (Å²) < 4.78 is 0. The lowest BCUT2D eigenvalue weighted by Crippen LogP contribution is -2.30. The van der Waals surface area contributed by atoms with Crippen LogP contribution in [-0.2, 0) is 9.59 Å². The highest BCUT2D eigenvalue weighted by Crippen LogP contribution is 2.29. The van der Waals surface area contributed by atoms with Crippen LogP contribution >= 0.6 is 23.1 Å². The predicted octanol–water partition coefficient (Wildman–Crippen LogP) is 6.58. The molecule has 0 saturated carbocycles. The van der Waals surface area contributed by atoms with Gasteiger partial charge in [0.2, 0.25) is 5.91 Å². The summed E-state index contributed by atoms with van der Waals surface area (Å²) in [5.41, 5.74) is 1.41. The van der Waals surface area contributed by atoms with E-state index in [4.69, 9.17) is 0 Å². The third-order valence-corrected chi connectivity index (χ3v) is 7.92. The molecule has 41 heavy (non-hydrogen) atoms. The number of anilines is 2. The van der Waals surface area contributed by atoms with Crippen molar-refractivity contribution in [1.29, 1.82) is 0 Å². The van der Waals surface area contributed by atoms with E-state index >= 15 is 0 Å². The van der Waals surface area contributed by atoms with Crippen LogP contribution in [0.5, 0.6) is 0 Å². The Balaban J connectivity index is 1.44. The number of benzene rings is 3. The molecule has 4 aromatic rings. The summed E-state index contributed by atoms with van der Waals surface area (Å²) in [7, 11) is 0. The van der Waals surface area contributed by atoms with Gasteiger partial charge in [-0.25, -0.2) is 0 Å². The maximum absolute atomic E-state index is 13.3. The second-order valence-electron chi connectivity index (χ2n) is 8.68. The number of nitrogens with zero attached hydrogens (tertiary/aromatic N) is 1. The quantitative estimate of drug-likeness (QED) is 0.0788. The number of non-ortho nitro benzene ring substituents is 1. The van der Waals surface area contributed by atoms with Crippen molar-refractivity contribution in [3.05, 3.63) is 123 Å². The van der Waals surface area contributed by atoms with E-state index in [0.29, 0.717) is 23.4 Å². The molecule has 1 unspecified atom stereocenters. The van der Waals surface area contributed by atoms with Crippen LogP contribution in [0, 0.1) is 10.1 Å². The van der Waals surface area contributed by atoms with Crippen LogP contribution in [0.15, 0.2) is 107 Å². The average Bonchev–Trinajstić information content (AvgIpc) is 3.49. The third kappa shape index (κ3) is 8.37. The molecule has 0 spiro atoms. The van der Waals surface area contributed by atoms with Crippen LogP contribution in [-0.4, -0.2) is 27.9 Å². The molecule has 1 aromatic heterocycles. The molecule has 0 aliphatic carbocycles. The number of nitro groups is 1. The zero-order chi connectivity index (χ0) is 29.2. The summed E-state index contributed by atoms with van der Waals surface area (Å²) in [6.45, 7) is 1.88. The standard InChI is InChI=1S/C30H26N4O5S2/c1-2-27(30(37)31-21-13-15-23(16-14-21)34(38)39)41-25-11-6-10-22(18-25)32-29(36)26(19-24-12-7-17-40-24)33-28(35)20-8-4-3-5-9-20/h3-19,27H,2H2,1H3,(H,31,37)(H,32,36)(H,33,35)/b26-19-. The molecule has 0 aliphatic heterocycles. The molecule has 4 rings (SSSR count). The van der Waals surface area contributed by atoms with Gasteiger partial charge in [0.15, 0.2) is 0 Å². The van der Waals surface area contributed by atoms with E-state index in [1.165, 1.54) is 47.4 Å². The Labute approximate surface area is 244 Å². The Morgan fingerprint density at radius 2 is 1.68 bits per heavy atom. The second-order valence-corrected chi connectivity index (χ2v) is 10.9. The van der Waals surface area contributed by atoms with Gasteiger partial charge in [-0.15, -0.1) is 23.1 Å². The lowest BCUT2D eigenvalue weighted by Gasteiger charge is -2.16. The van der Waals surface area contributed by atoms with Crippen molar-refractivity contribution in [3.63, 3.8) is 0 Å². The number of hydrogen-bond donors (Lipinski definition) is 3. The molecule has 0 bridgehead atoms. The van der Waals surface area contributed by atoms with Crippen LogP contribution in [0.1, 0.15) is 28.6 Å². The van der Waals surface area contributed by atoms with Crippen molar-refractivity contribution in [3.8, 4) is 0 Å². The summed E-state index contributed by atoms with van der Waals surface area (Å²) in [5.74, 6) is -1.14. The molecule has 3 amide bonds. The topological polar surface area (TPSA) is 130 Å². The first-order chi connectivity index (χ1) is 19.8. The summed E-state index contributed by atoms with van der Waals surface area (Å²) in [6.07, 6.45) is 2.15. The molecule has 11 heteroatoms. The van der Waals surface area contributed by atoms with Crippen LogP contribution < -0.4 is 16.0 Å². The van der Waals surface area contributed by atoms with E-state index in [1.54, 1.807) is 54.6 Å². The van der Waals surface area contributed by atoms with E-state index in [9.17, 15) is 24.5 Å². The van der Waals surface area contributed by atoms with E-state index in [0.717, 1.165) is 9.77 Å². The maximum Gasteiger partial charge on any atom is 0.272 e. The van der Waals surface area contributed by atoms with Crippen molar-refractivity contribution < 1.29 is 19.3 Å². The summed E-state index contributed by atoms with van der Waals surface area (Å²) in [6, 6.07) is 25.1. The van der Waals surface area contributed by atoms with Crippen LogP contribution in [0.4, 0.5) is 17.1 Å². The fraction of sp³-hybridized carbons (Fsp3) is 0.100. The van der Waals surface area contributed by atoms with Gasteiger partial charge in [-0.2, -0.15) is 0 Å². The molecule has 1 heterocycles. The van der Waals surface area contributed by atoms with Crippen molar-refractivity contribution >= 4 is 64.0 Å². The van der Waals surface area contributed by atoms with E-state index in [2.05, 4.69) is 16.0 Å². The lowest BCUT2D eigenvalue weighted by molar-refractivity contribution is -0.384. The number of thioether (sulfide) groups is 1. The monoisotopic (exact) mass is 586 g/mol. The molecular weight excluding hydrogens is 560 g/mol. The highest BCUT2D eigenvalue weighted by molar-refractivity contribution is 8.00. The van der Waals surface area contributed by atoms with Crippen LogP contribution in [0.25, 0.3) is 6.08 Å². The van der Waals surface area contributed by atoms with Crippen molar-refractivity contribution in [2.75, 3.05) is 10.6 Å². The number of carbonyl (C=O) groups is 3. The maximum atomic E-state index is 13.3. The molecule has 9 nitrogen and oxygen atoms in total. The minimum absolute atomic E-state index is 0.0590. The van der Waals surface area contributed by atoms with Crippen molar-refractivity contribution in [1.82, 2.24) is 5.32 Å². The molecule has 0 fully saturated rings. The number of amides is 3. The van der Waals surface area contributed by atoms with Crippen molar-refractivity contribution in [2.45, 2.75) is 23.5 Å². The molecule has 1 atom stereocenters. The molecule has 0 radical (unpaired) electrons. The number of hydrogen-bond acceptors (Lipinski definition) is 7. The molecule has 208 valence electrons. The molecule has 3 N–H and O–H groups in total. The zero-order valence-corrected chi connectivity index (χ0v) is 23.5. The van der Waals surface area contributed by atoms with E-state index in [1.807, 2.05) is 30.5 Å². The van der Waals surface area contributed by atoms with Crippen LogP contribution in [0.2, 0.25) is 0 Å². The Bertz CT molecular complexity index is 1560. The fourth-order valence-corrected chi connectivity index (χ4v) is 5.35. The van der Waals surface area contributed by atoms with Crippen molar-refractivity contribution in [2.24, 2.45) is 0 Å². The Kier molecular flexibility index (Phi) is 10.0. The van der Waals surface area contributed by atoms with Gasteiger partial charge in [-0.3, -0.25) is 24.5 Å². The molecular formula is C30H26N4O5S2. The second kappa shape index (κ2) is 14.1. The molecule has 0 aliphatic rings. The SMILES string of the molecule is CCC(Sc1cccc(NC(=O)/C(=C/c2cccs2)NC(=O)c2ccccc2)c1)C(=O)Nc1ccc([N+](=O)[O-])cc1. The molecule has 0 saturated heterocycles. The summed E-state index contributed by atoms with van der Waals surface area (Å²) >= 11 is 2.77. The lowest BCUT2D eigenvalue weighted by atomic mass is 10.2. The van der Waals surface area contributed by atoms with Gasteiger partial charge in [-0.05, 0) is 66.4 Å². The Hall–Kier alpha value is -4.74. The number of carbonyl (C=O) groups excluding carboxylic acids is 3. The highest BCUT2D eigenvalue weighted by atomic mass is 32.2. The Morgan fingerprint density at radius 3 is 2.34 bits per heavy atom. The van der Waals surface area contributed by atoms with E-state index < -0.39 is 22.0 Å². The largest absolute Gasteiger partial charge is 0.325 e. The molecule has 3 aromatic carbocycles.